The molecule has 94 valence electrons. The predicted octanol–water partition coefficient (Wildman–Crippen LogP) is 1.89. The maximum absolute atomic E-state index is 6.33. The second-order valence-electron chi connectivity index (χ2n) is 4.52. The fourth-order valence-corrected chi connectivity index (χ4v) is 2.44. The Labute approximate surface area is 106 Å². The standard InChI is InChI=1S/C14H17N3O/c1-2-17-12(5-7-16-17)14(15)11-3-4-13-10(9-11)6-8-18-13/h3-5,7,9,14H,2,6,8,15H2,1H3. The number of nitrogens with zero attached hydrogens (tertiary/aromatic N) is 2. The minimum Gasteiger partial charge on any atom is -0.493 e. The Bertz CT molecular complexity index is 562. The van der Waals surface area contributed by atoms with Gasteiger partial charge in [0, 0.05) is 19.2 Å². The lowest BCUT2D eigenvalue weighted by Crippen LogP contribution is -2.17. The van der Waals surface area contributed by atoms with Crippen molar-refractivity contribution in [2.24, 2.45) is 5.73 Å². The van der Waals surface area contributed by atoms with Crippen molar-refractivity contribution in [3.8, 4) is 5.75 Å². The van der Waals surface area contributed by atoms with Crippen LogP contribution < -0.4 is 10.5 Å². The van der Waals surface area contributed by atoms with Crippen molar-refractivity contribution in [3.63, 3.8) is 0 Å². The third-order valence-electron chi connectivity index (χ3n) is 3.44. The fraction of sp³-hybridized carbons (Fsp3) is 0.357. The first-order chi connectivity index (χ1) is 8.79. The molecule has 4 nitrogen and oxygen atoms in total. The van der Waals surface area contributed by atoms with Crippen LogP contribution >= 0.6 is 0 Å². The lowest BCUT2D eigenvalue weighted by molar-refractivity contribution is 0.357. The maximum atomic E-state index is 6.33. The summed E-state index contributed by atoms with van der Waals surface area (Å²) >= 11 is 0. The van der Waals surface area contributed by atoms with Gasteiger partial charge in [-0.25, -0.2) is 0 Å². The SMILES string of the molecule is CCn1nccc1C(N)c1ccc2c(c1)CCO2. The van der Waals surface area contributed by atoms with Crippen molar-refractivity contribution in [2.75, 3.05) is 6.61 Å². The molecule has 3 rings (SSSR count). The molecule has 4 heteroatoms. The summed E-state index contributed by atoms with van der Waals surface area (Å²) < 4.78 is 7.45. The highest BCUT2D eigenvalue weighted by Gasteiger charge is 2.17. The number of aryl methyl sites for hydroxylation is 1. The number of rotatable bonds is 3. The molecule has 1 atom stereocenters. The average Bonchev–Trinajstić information content (AvgIpc) is 3.05. The Balaban J connectivity index is 1.95. The first-order valence-corrected chi connectivity index (χ1v) is 6.32. The molecule has 0 aliphatic carbocycles. The summed E-state index contributed by atoms with van der Waals surface area (Å²) in [5.41, 5.74) is 9.76. The van der Waals surface area contributed by atoms with Crippen LogP contribution in [0.2, 0.25) is 0 Å². The average molecular weight is 243 g/mol. The molecule has 1 aliphatic rings. The second kappa shape index (κ2) is 4.46. The largest absolute Gasteiger partial charge is 0.493 e. The zero-order valence-corrected chi connectivity index (χ0v) is 10.5. The number of hydrogen-bond acceptors (Lipinski definition) is 3. The molecule has 18 heavy (non-hydrogen) atoms. The molecule has 1 unspecified atom stereocenters. The van der Waals surface area contributed by atoms with Gasteiger partial charge in [0.2, 0.25) is 0 Å². The van der Waals surface area contributed by atoms with Crippen molar-refractivity contribution in [3.05, 3.63) is 47.3 Å². The van der Waals surface area contributed by atoms with Crippen LogP contribution in [-0.4, -0.2) is 16.4 Å². The van der Waals surface area contributed by atoms with E-state index in [4.69, 9.17) is 10.5 Å². The summed E-state index contributed by atoms with van der Waals surface area (Å²) in [5, 5.41) is 4.27. The summed E-state index contributed by atoms with van der Waals surface area (Å²) in [6, 6.07) is 8.07. The van der Waals surface area contributed by atoms with E-state index in [1.165, 1.54) is 5.56 Å². The molecule has 1 aliphatic heterocycles. The Hall–Kier alpha value is -1.81. The summed E-state index contributed by atoms with van der Waals surface area (Å²) in [7, 11) is 0. The van der Waals surface area contributed by atoms with E-state index in [1.54, 1.807) is 6.20 Å². The quantitative estimate of drug-likeness (QED) is 0.895. The minimum absolute atomic E-state index is 0.127. The second-order valence-corrected chi connectivity index (χ2v) is 4.52. The number of aromatic nitrogens is 2. The number of ether oxygens (including phenoxy) is 1. The van der Waals surface area contributed by atoms with Crippen molar-refractivity contribution in [2.45, 2.75) is 25.9 Å². The van der Waals surface area contributed by atoms with Gasteiger partial charge in [-0.2, -0.15) is 5.10 Å². The predicted molar refractivity (Wildman–Crippen MR) is 69.6 cm³/mol. The Morgan fingerprint density at radius 3 is 3.17 bits per heavy atom. The van der Waals surface area contributed by atoms with Crippen LogP contribution in [-0.2, 0) is 13.0 Å². The summed E-state index contributed by atoms with van der Waals surface area (Å²) in [6.07, 6.45) is 2.78. The van der Waals surface area contributed by atoms with E-state index in [0.717, 1.165) is 36.6 Å². The lowest BCUT2D eigenvalue weighted by atomic mass is 10.0. The maximum Gasteiger partial charge on any atom is 0.122 e. The molecule has 2 heterocycles. The topological polar surface area (TPSA) is 53.1 Å². The van der Waals surface area contributed by atoms with Gasteiger partial charge in [0.05, 0.1) is 18.3 Å². The molecule has 0 spiro atoms. The fourth-order valence-electron chi connectivity index (χ4n) is 2.44. The van der Waals surface area contributed by atoms with E-state index in [2.05, 4.69) is 18.1 Å². The van der Waals surface area contributed by atoms with E-state index >= 15 is 0 Å². The third kappa shape index (κ3) is 1.78. The van der Waals surface area contributed by atoms with Crippen LogP contribution in [0.1, 0.15) is 29.8 Å². The first-order valence-electron chi connectivity index (χ1n) is 6.32. The molecule has 0 fully saturated rings. The Kier molecular flexibility index (Phi) is 2.80. The molecule has 0 radical (unpaired) electrons. The number of hydrogen-bond donors (Lipinski definition) is 1. The van der Waals surface area contributed by atoms with Gasteiger partial charge < -0.3 is 10.5 Å². The van der Waals surface area contributed by atoms with Crippen LogP contribution in [0, 0.1) is 0 Å². The van der Waals surface area contributed by atoms with Crippen molar-refractivity contribution < 1.29 is 4.74 Å². The van der Waals surface area contributed by atoms with E-state index in [-0.39, 0.29) is 6.04 Å². The van der Waals surface area contributed by atoms with Crippen molar-refractivity contribution >= 4 is 0 Å². The van der Waals surface area contributed by atoms with E-state index in [9.17, 15) is 0 Å². The smallest absolute Gasteiger partial charge is 0.122 e. The summed E-state index contributed by atoms with van der Waals surface area (Å²) in [5.74, 6) is 0.995. The summed E-state index contributed by atoms with van der Waals surface area (Å²) in [4.78, 5) is 0. The molecule has 0 bridgehead atoms. The van der Waals surface area contributed by atoms with Crippen LogP contribution in [0.4, 0.5) is 0 Å². The monoisotopic (exact) mass is 243 g/mol. The van der Waals surface area contributed by atoms with E-state index in [1.807, 2.05) is 22.9 Å². The molecule has 1 aromatic heterocycles. The highest BCUT2D eigenvalue weighted by atomic mass is 16.5. The lowest BCUT2D eigenvalue weighted by Gasteiger charge is -2.14. The molecular formula is C14H17N3O. The molecule has 1 aromatic carbocycles. The first kappa shape index (κ1) is 11.3. The van der Waals surface area contributed by atoms with Gasteiger partial charge in [-0.05, 0) is 30.2 Å². The highest BCUT2D eigenvalue weighted by Crippen LogP contribution is 2.29. The van der Waals surface area contributed by atoms with Gasteiger partial charge >= 0.3 is 0 Å². The van der Waals surface area contributed by atoms with Gasteiger partial charge in [-0.15, -0.1) is 0 Å². The van der Waals surface area contributed by atoms with Crippen LogP contribution in [0.3, 0.4) is 0 Å². The van der Waals surface area contributed by atoms with Crippen LogP contribution in [0.5, 0.6) is 5.75 Å². The summed E-state index contributed by atoms with van der Waals surface area (Å²) in [6.45, 7) is 3.69. The van der Waals surface area contributed by atoms with E-state index in [0.29, 0.717) is 0 Å². The normalized spacial score (nSPS) is 15.2. The van der Waals surface area contributed by atoms with Crippen molar-refractivity contribution in [1.29, 1.82) is 0 Å². The van der Waals surface area contributed by atoms with Crippen LogP contribution in [0.25, 0.3) is 0 Å². The van der Waals surface area contributed by atoms with Gasteiger partial charge in [-0.1, -0.05) is 12.1 Å². The zero-order valence-electron chi connectivity index (χ0n) is 10.5. The van der Waals surface area contributed by atoms with Gasteiger partial charge in [-0.3, -0.25) is 4.68 Å². The number of fused-ring (bicyclic) bond motifs is 1. The van der Waals surface area contributed by atoms with E-state index < -0.39 is 0 Å². The molecular weight excluding hydrogens is 226 g/mol. The third-order valence-corrected chi connectivity index (χ3v) is 3.44. The van der Waals surface area contributed by atoms with Gasteiger partial charge in [0.15, 0.2) is 0 Å². The Morgan fingerprint density at radius 2 is 2.33 bits per heavy atom. The Morgan fingerprint density at radius 1 is 1.44 bits per heavy atom. The molecule has 0 amide bonds. The molecule has 0 saturated carbocycles. The minimum atomic E-state index is -0.127. The molecule has 0 saturated heterocycles. The van der Waals surface area contributed by atoms with Crippen LogP contribution in [0.15, 0.2) is 30.5 Å². The van der Waals surface area contributed by atoms with Gasteiger partial charge in [0.1, 0.15) is 5.75 Å². The number of benzene rings is 1. The molecule has 2 aromatic rings. The van der Waals surface area contributed by atoms with Crippen molar-refractivity contribution in [1.82, 2.24) is 9.78 Å². The number of nitrogens with two attached hydrogens (primary N) is 1. The van der Waals surface area contributed by atoms with Gasteiger partial charge in [0.25, 0.3) is 0 Å². The molecule has 2 N–H and O–H groups in total. The highest BCUT2D eigenvalue weighted by molar-refractivity contribution is 5.42. The zero-order chi connectivity index (χ0) is 12.5.